The van der Waals surface area contributed by atoms with Crippen LogP contribution in [0.5, 0.6) is 0 Å². The van der Waals surface area contributed by atoms with E-state index >= 15 is 0 Å². The SMILES string of the molecule is CCCCC(C)n1ccnc1C(C)CC. The molecule has 1 aromatic rings. The molecule has 2 nitrogen and oxygen atoms in total. The molecule has 2 atom stereocenters. The Morgan fingerprint density at radius 2 is 2.07 bits per heavy atom. The van der Waals surface area contributed by atoms with E-state index < -0.39 is 0 Å². The van der Waals surface area contributed by atoms with Gasteiger partial charge in [-0.1, -0.05) is 33.6 Å². The van der Waals surface area contributed by atoms with Crippen LogP contribution in [0.15, 0.2) is 12.4 Å². The average Bonchev–Trinajstić information content (AvgIpc) is 2.73. The van der Waals surface area contributed by atoms with Crippen molar-refractivity contribution < 1.29 is 0 Å². The summed E-state index contributed by atoms with van der Waals surface area (Å²) in [6.45, 7) is 9.02. The second-order valence-corrected chi connectivity index (χ2v) is 4.49. The van der Waals surface area contributed by atoms with E-state index in [-0.39, 0.29) is 0 Å². The fraction of sp³-hybridized carbons (Fsp3) is 0.769. The first-order valence-corrected chi connectivity index (χ1v) is 6.23. The molecule has 86 valence electrons. The predicted octanol–water partition coefficient (Wildman–Crippen LogP) is 4.15. The first-order chi connectivity index (χ1) is 7.20. The van der Waals surface area contributed by atoms with Gasteiger partial charge in [-0.3, -0.25) is 0 Å². The van der Waals surface area contributed by atoms with E-state index in [0.717, 1.165) is 6.42 Å². The van der Waals surface area contributed by atoms with Crippen LogP contribution in [-0.4, -0.2) is 9.55 Å². The van der Waals surface area contributed by atoms with Gasteiger partial charge in [0.25, 0.3) is 0 Å². The molecule has 0 aliphatic rings. The maximum absolute atomic E-state index is 4.48. The number of unbranched alkanes of at least 4 members (excludes halogenated alkanes) is 1. The van der Waals surface area contributed by atoms with Gasteiger partial charge in [0.2, 0.25) is 0 Å². The molecule has 0 fully saturated rings. The molecule has 1 rings (SSSR count). The number of imidazole rings is 1. The molecule has 0 aliphatic carbocycles. The molecule has 1 heterocycles. The standard InChI is InChI=1S/C13H24N2/c1-5-7-8-12(4)15-10-9-14-13(15)11(3)6-2/h9-12H,5-8H2,1-4H3. The molecule has 0 saturated carbocycles. The third-order valence-corrected chi connectivity index (χ3v) is 3.20. The van der Waals surface area contributed by atoms with Gasteiger partial charge < -0.3 is 4.57 Å². The zero-order chi connectivity index (χ0) is 11.3. The fourth-order valence-electron chi connectivity index (χ4n) is 1.90. The smallest absolute Gasteiger partial charge is 0.111 e. The summed E-state index contributed by atoms with van der Waals surface area (Å²) < 4.78 is 2.35. The van der Waals surface area contributed by atoms with Crippen molar-refractivity contribution in [3.63, 3.8) is 0 Å². The van der Waals surface area contributed by atoms with Crippen LogP contribution in [0.1, 0.15) is 71.2 Å². The maximum atomic E-state index is 4.48. The first-order valence-electron chi connectivity index (χ1n) is 6.23. The molecule has 0 N–H and O–H groups in total. The van der Waals surface area contributed by atoms with Gasteiger partial charge in [-0.2, -0.15) is 0 Å². The summed E-state index contributed by atoms with van der Waals surface area (Å²) in [4.78, 5) is 4.48. The highest BCUT2D eigenvalue weighted by Gasteiger charge is 2.13. The van der Waals surface area contributed by atoms with Crippen LogP contribution in [0.25, 0.3) is 0 Å². The summed E-state index contributed by atoms with van der Waals surface area (Å²) in [7, 11) is 0. The van der Waals surface area contributed by atoms with Crippen molar-refractivity contribution in [2.45, 2.75) is 65.3 Å². The Bertz CT molecular complexity index is 278. The molecule has 2 heteroatoms. The van der Waals surface area contributed by atoms with Gasteiger partial charge in [-0.15, -0.1) is 0 Å². The minimum absolute atomic E-state index is 0.573. The van der Waals surface area contributed by atoms with E-state index in [1.54, 1.807) is 0 Å². The van der Waals surface area contributed by atoms with E-state index in [1.165, 1.54) is 25.1 Å². The average molecular weight is 208 g/mol. The summed E-state index contributed by atoms with van der Waals surface area (Å²) in [6, 6.07) is 0.594. The monoisotopic (exact) mass is 208 g/mol. The maximum Gasteiger partial charge on any atom is 0.111 e. The molecule has 0 aliphatic heterocycles. The minimum Gasteiger partial charge on any atom is -0.332 e. The van der Waals surface area contributed by atoms with E-state index in [4.69, 9.17) is 0 Å². The van der Waals surface area contributed by atoms with Crippen molar-refractivity contribution in [2.75, 3.05) is 0 Å². The number of rotatable bonds is 6. The predicted molar refractivity (Wildman–Crippen MR) is 65.2 cm³/mol. The summed E-state index contributed by atoms with van der Waals surface area (Å²) in [6.07, 6.45) is 9.07. The van der Waals surface area contributed by atoms with Crippen molar-refractivity contribution in [3.8, 4) is 0 Å². The van der Waals surface area contributed by atoms with Crippen LogP contribution in [0, 0.1) is 0 Å². The van der Waals surface area contributed by atoms with Crippen LogP contribution in [0.3, 0.4) is 0 Å². The Hall–Kier alpha value is -0.790. The Morgan fingerprint density at radius 3 is 2.67 bits per heavy atom. The molecular formula is C13H24N2. The first kappa shape index (κ1) is 12.3. The third-order valence-electron chi connectivity index (χ3n) is 3.20. The highest BCUT2D eigenvalue weighted by Crippen LogP contribution is 2.22. The molecule has 0 amide bonds. The lowest BCUT2D eigenvalue weighted by Crippen LogP contribution is -2.10. The van der Waals surface area contributed by atoms with Gasteiger partial charge in [0.15, 0.2) is 0 Å². The fourth-order valence-corrected chi connectivity index (χ4v) is 1.90. The Kier molecular flexibility index (Phi) is 4.86. The van der Waals surface area contributed by atoms with Crippen LogP contribution < -0.4 is 0 Å². The third kappa shape index (κ3) is 3.08. The lowest BCUT2D eigenvalue weighted by molar-refractivity contribution is 0.455. The summed E-state index contributed by atoms with van der Waals surface area (Å²) in [5.74, 6) is 1.82. The van der Waals surface area contributed by atoms with Crippen LogP contribution in [-0.2, 0) is 0 Å². The summed E-state index contributed by atoms with van der Waals surface area (Å²) >= 11 is 0. The largest absolute Gasteiger partial charge is 0.332 e. The number of nitrogens with zero attached hydrogens (tertiary/aromatic N) is 2. The van der Waals surface area contributed by atoms with Crippen molar-refractivity contribution >= 4 is 0 Å². The van der Waals surface area contributed by atoms with Gasteiger partial charge in [-0.05, 0) is 19.8 Å². The normalized spacial score (nSPS) is 15.2. The van der Waals surface area contributed by atoms with Crippen molar-refractivity contribution in [2.24, 2.45) is 0 Å². The molecular weight excluding hydrogens is 184 g/mol. The van der Waals surface area contributed by atoms with Crippen molar-refractivity contribution in [1.82, 2.24) is 9.55 Å². The lowest BCUT2D eigenvalue weighted by atomic mass is 10.1. The number of aromatic nitrogens is 2. The Labute approximate surface area is 93.7 Å². The molecule has 1 aromatic heterocycles. The number of hydrogen-bond donors (Lipinski definition) is 0. The highest BCUT2D eigenvalue weighted by atomic mass is 15.1. The molecule has 0 bridgehead atoms. The Balaban J connectivity index is 2.71. The van der Waals surface area contributed by atoms with Crippen molar-refractivity contribution in [1.29, 1.82) is 0 Å². The van der Waals surface area contributed by atoms with Crippen molar-refractivity contribution in [3.05, 3.63) is 18.2 Å². The zero-order valence-electron chi connectivity index (χ0n) is 10.5. The van der Waals surface area contributed by atoms with Crippen LogP contribution in [0.4, 0.5) is 0 Å². The van der Waals surface area contributed by atoms with Gasteiger partial charge in [-0.25, -0.2) is 4.98 Å². The van der Waals surface area contributed by atoms with Crippen LogP contribution >= 0.6 is 0 Å². The van der Waals surface area contributed by atoms with Gasteiger partial charge in [0.1, 0.15) is 5.82 Å². The number of hydrogen-bond acceptors (Lipinski definition) is 1. The van der Waals surface area contributed by atoms with Gasteiger partial charge in [0.05, 0.1) is 0 Å². The van der Waals surface area contributed by atoms with Gasteiger partial charge in [0, 0.05) is 24.4 Å². The highest BCUT2D eigenvalue weighted by molar-refractivity contribution is 5.00. The van der Waals surface area contributed by atoms with E-state index in [9.17, 15) is 0 Å². The van der Waals surface area contributed by atoms with E-state index in [0.29, 0.717) is 12.0 Å². The zero-order valence-corrected chi connectivity index (χ0v) is 10.5. The van der Waals surface area contributed by atoms with E-state index in [2.05, 4.69) is 43.4 Å². The second kappa shape index (κ2) is 5.94. The van der Waals surface area contributed by atoms with Gasteiger partial charge >= 0.3 is 0 Å². The second-order valence-electron chi connectivity index (χ2n) is 4.49. The Morgan fingerprint density at radius 1 is 1.33 bits per heavy atom. The minimum atomic E-state index is 0.573. The van der Waals surface area contributed by atoms with Crippen LogP contribution in [0.2, 0.25) is 0 Å². The molecule has 0 spiro atoms. The van der Waals surface area contributed by atoms with E-state index in [1.807, 2.05) is 6.20 Å². The molecule has 0 aromatic carbocycles. The molecule has 15 heavy (non-hydrogen) atoms. The lowest BCUT2D eigenvalue weighted by Gasteiger charge is -2.18. The molecule has 0 radical (unpaired) electrons. The summed E-state index contributed by atoms with van der Waals surface area (Å²) in [5, 5.41) is 0. The topological polar surface area (TPSA) is 17.8 Å². The summed E-state index contributed by atoms with van der Waals surface area (Å²) in [5.41, 5.74) is 0. The molecule has 2 unspecified atom stereocenters. The molecule has 0 saturated heterocycles. The quantitative estimate of drug-likeness (QED) is 0.686.